The van der Waals surface area contributed by atoms with Gasteiger partial charge in [0, 0.05) is 0 Å². The van der Waals surface area contributed by atoms with E-state index in [-0.39, 0.29) is 0 Å². The molecule has 0 aliphatic heterocycles. The number of aryl methyl sites for hydroxylation is 3. The molecule has 4 aromatic rings. The summed E-state index contributed by atoms with van der Waals surface area (Å²) < 4.78 is 0. The van der Waals surface area contributed by atoms with Gasteiger partial charge in [0.15, 0.2) is 0 Å². The summed E-state index contributed by atoms with van der Waals surface area (Å²) in [5, 5.41) is 0. The van der Waals surface area contributed by atoms with Gasteiger partial charge in [0.2, 0.25) is 0 Å². The van der Waals surface area contributed by atoms with Gasteiger partial charge in [-0.05, 0) is 88.6 Å². The van der Waals surface area contributed by atoms with E-state index >= 15 is 0 Å². The van der Waals surface area contributed by atoms with Crippen molar-refractivity contribution in [2.45, 2.75) is 59.3 Å². The number of benzene rings is 4. The molecular weight excluding hydrogens is 396 g/mol. The fourth-order valence-corrected chi connectivity index (χ4v) is 4.53. The van der Waals surface area contributed by atoms with Crippen LogP contribution in [0.1, 0.15) is 70.8 Å². The zero-order chi connectivity index (χ0) is 23.0. The molecule has 0 amide bonds. The topological polar surface area (TPSA) is 0 Å². The largest absolute Gasteiger partial charge is 0.0613 e. The molecular formula is C33H36. The summed E-state index contributed by atoms with van der Waals surface area (Å²) in [7, 11) is 0. The third-order valence-corrected chi connectivity index (χ3v) is 6.75. The minimum Gasteiger partial charge on any atom is -0.0613 e. The minimum atomic E-state index is 0.983. The average Bonchev–Trinajstić information content (AvgIpc) is 2.87. The molecule has 0 bridgehead atoms. The van der Waals surface area contributed by atoms with E-state index in [2.05, 4.69) is 112 Å². The van der Waals surface area contributed by atoms with Gasteiger partial charge >= 0.3 is 0 Å². The SMILES string of the molecule is CCc1ccc(Cc2ccc(Cc3ccc(Cc4ccc(CC)cc4CC)cc3)cc2)cc1. The molecule has 0 unspecified atom stereocenters. The minimum absolute atomic E-state index is 0.983. The zero-order valence-corrected chi connectivity index (χ0v) is 20.4. The summed E-state index contributed by atoms with van der Waals surface area (Å²) in [6.45, 7) is 6.69. The van der Waals surface area contributed by atoms with E-state index in [0.29, 0.717) is 0 Å². The molecule has 0 fully saturated rings. The molecule has 0 saturated heterocycles. The van der Waals surface area contributed by atoms with Crippen molar-refractivity contribution in [1.82, 2.24) is 0 Å². The molecule has 0 saturated carbocycles. The van der Waals surface area contributed by atoms with E-state index in [1.54, 1.807) is 0 Å². The second kappa shape index (κ2) is 11.1. The van der Waals surface area contributed by atoms with Crippen LogP contribution < -0.4 is 0 Å². The Balaban J connectivity index is 1.36. The maximum absolute atomic E-state index is 2.38. The number of rotatable bonds is 9. The lowest BCUT2D eigenvalue weighted by Crippen LogP contribution is -1.97. The Hall–Kier alpha value is -3.12. The first-order valence-corrected chi connectivity index (χ1v) is 12.5. The second-order valence-electron chi connectivity index (χ2n) is 9.14. The molecule has 0 atom stereocenters. The van der Waals surface area contributed by atoms with E-state index < -0.39 is 0 Å². The lowest BCUT2D eigenvalue weighted by Gasteiger charge is -2.11. The molecule has 0 heterocycles. The first kappa shape index (κ1) is 23.1. The van der Waals surface area contributed by atoms with Gasteiger partial charge in [-0.2, -0.15) is 0 Å². The molecule has 33 heavy (non-hydrogen) atoms. The average molecular weight is 433 g/mol. The molecule has 0 nitrogen and oxygen atoms in total. The van der Waals surface area contributed by atoms with Crippen molar-refractivity contribution in [3.63, 3.8) is 0 Å². The van der Waals surface area contributed by atoms with Crippen LogP contribution in [0.3, 0.4) is 0 Å². The fraction of sp³-hybridized carbons (Fsp3) is 0.273. The Labute approximate surface area is 200 Å². The van der Waals surface area contributed by atoms with E-state index in [4.69, 9.17) is 0 Å². The van der Waals surface area contributed by atoms with Crippen molar-refractivity contribution in [1.29, 1.82) is 0 Å². The van der Waals surface area contributed by atoms with Gasteiger partial charge < -0.3 is 0 Å². The Bertz CT molecular complexity index is 1150. The van der Waals surface area contributed by atoms with Gasteiger partial charge in [-0.1, -0.05) is 112 Å². The molecule has 0 N–H and O–H groups in total. The maximum atomic E-state index is 2.38. The Kier molecular flexibility index (Phi) is 7.79. The van der Waals surface area contributed by atoms with Gasteiger partial charge in [-0.25, -0.2) is 0 Å². The molecule has 0 aromatic heterocycles. The van der Waals surface area contributed by atoms with Crippen LogP contribution in [0.25, 0.3) is 0 Å². The Morgan fingerprint density at radius 1 is 0.333 bits per heavy atom. The van der Waals surface area contributed by atoms with Gasteiger partial charge in [0.25, 0.3) is 0 Å². The van der Waals surface area contributed by atoms with Crippen LogP contribution in [0.5, 0.6) is 0 Å². The third-order valence-electron chi connectivity index (χ3n) is 6.75. The van der Waals surface area contributed by atoms with Crippen molar-refractivity contribution >= 4 is 0 Å². The summed E-state index contributed by atoms with van der Waals surface area (Å²) in [5.74, 6) is 0. The van der Waals surface area contributed by atoms with Crippen LogP contribution in [0.2, 0.25) is 0 Å². The summed E-state index contributed by atoms with van der Waals surface area (Å²) in [5.41, 5.74) is 12.7. The highest BCUT2D eigenvalue weighted by Gasteiger charge is 2.05. The van der Waals surface area contributed by atoms with E-state index in [1.165, 1.54) is 50.1 Å². The van der Waals surface area contributed by atoms with Crippen LogP contribution >= 0.6 is 0 Å². The first-order valence-electron chi connectivity index (χ1n) is 12.5. The highest BCUT2D eigenvalue weighted by atomic mass is 14.1. The smallest absolute Gasteiger partial charge is 0.00230 e. The van der Waals surface area contributed by atoms with Crippen molar-refractivity contribution in [2.24, 2.45) is 0 Å². The maximum Gasteiger partial charge on any atom is -0.00230 e. The van der Waals surface area contributed by atoms with Crippen molar-refractivity contribution in [2.75, 3.05) is 0 Å². The summed E-state index contributed by atoms with van der Waals surface area (Å²) in [4.78, 5) is 0. The molecule has 0 radical (unpaired) electrons. The van der Waals surface area contributed by atoms with Crippen LogP contribution in [-0.2, 0) is 38.5 Å². The highest BCUT2D eigenvalue weighted by molar-refractivity contribution is 5.38. The number of hydrogen-bond acceptors (Lipinski definition) is 0. The predicted molar refractivity (Wildman–Crippen MR) is 142 cm³/mol. The van der Waals surface area contributed by atoms with E-state index in [1.807, 2.05) is 0 Å². The van der Waals surface area contributed by atoms with Crippen LogP contribution in [-0.4, -0.2) is 0 Å². The summed E-state index contributed by atoms with van der Waals surface area (Å²) >= 11 is 0. The molecule has 168 valence electrons. The third kappa shape index (κ3) is 6.23. The zero-order valence-electron chi connectivity index (χ0n) is 20.4. The van der Waals surface area contributed by atoms with Crippen molar-refractivity contribution in [3.05, 3.63) is 141 Å². The predicted octanol–water partition coefficient (Wildman–Crippen LogP) is 8.15. The highest BCUT2D eigenvalue weighted by Crippen LogP contribution is 2.20. The molecule has 0 spiro atoms. The van der Waals surface area contributed by atoms with E-state index in [0.717, 1.165) is 38.5 Å². The monoisotopic (exact) mass is 432 g/mol. The van der Waals surface area contributed by atoms with Crippen LogP contribution in [0.15, 0.2) is 91.0 Å². The van der Waals surface area contributed by atoms with Gasteiger partial charge in [0.05, 0.1) is 0 Å². The summed E-state index contributed by atoms with van der Waals surface area (Å²) in [6.07, 6.45) is 6.30. The lowest BCUT2D eigenvalue weighted by molar-refractivity contribution is 1.03. The lowest BCUT2D eigenvalue weighted by atomic mass is 9.94. The number of hydrogen-bond donors (Lipinski definition) is 0. The molecule has 4 rings (SSSR count). The van der Waals surface area contributed by atoms with Crippen molar-refractivity contribution < 1.29 is 0 Å². The fourth-order valence-electron chi connectivity index (χ4n) is 4.53. The van der Waals surface area contributed by atoms with Gasteiger partial charge in [-0.15, -0.1) is 0 Å². The molecule has 0 aliphatic carbocycles. The second-order valence-corrected chi connectivity index (χ2v) is 9.14. The Morgan fingerprint density at radius 2 is 0.697 bits per heavy atom. The van der Waals surface area contributed by atoms with Crippen LogP contribution in [0.4, 0.5) is 0 Å². The standard InChI is InChI=1S/C33H36/c1-4-25-7-9-27(10-8-25)21-28-11-13-29(14-12-28)22-30-15-17-31(18-16-30)24-33-20-19-26(5-2)23-32(33)6-3/h7-20,23H,4-6,21-22,24H2,1-3H3. The normalized spacial score (nSPS) is 11.0. The van der Waals surface area contributed by atoms with E-state index in [9.17, 15) is 0 Å². The van der Waals surface area contributed by atoms with Crippen LogP contribution in [0, 0.1) is 0 Å². The quantitative estimate of drug-likeness (QED) is 0.250. The van der Waals surface area contributed by atoms with Crippen molar-refractivity contribution in [3.8, 4) is 0 Å². The first-order chi connectivity index (χ1) is 16.2. The van der Waals surface area contributed by atoms with Gasteiger partial charge in [-0.3, -0.25) is 0 Å². The molecule has 0 aliphatic rings. The molecule has 4 aromatic carbocycles. The Morgan fingerprint density at radius 3 is 1.09 bits per heavy atom. The van der Waals surface area contributed by atoms with Gasteiger partial charge in [0.1, 0.15) is 0 Å². The summed E-state index contributed by atoms with van der Waals surface area (Å²) in [6, 6.07) is 34.3. The molecule has 0 heteroatoms.